The maximum atomic E-state index is 14.0. The second-order valence-corrected chi connectivity index (χ2v) is 12.7. The van der Waals surface area contributed by atoms with Crippen LogP contribution in [0.1, 0.15) is 90.4 Å². The number of aliphatic imine (C=N–C) groups is 1. The molecular formula is C30H47N5O5. The number of hydrogen-bond acceptors (Lipinski definition) is 8. The van der Waals surface area contributed by atoms with Crippen molar-refractivity contribution in [2.24, 2.45) is 34.2 Å². The van der Waals surface area contributed by atoms with Crippen LogP contribution in [0.4, 0.5) is 0 Å². The van der Waals surface area contributed by atoms with E-state index in [0.717, 1.165) is 69.9 Å². The van der Waals surface area contributed by atoms with E-state index < -0.39 is 23.1 Å². The first-order chi connectivity index (χ1) is 19.2. The van der Waals surface area contributed by atoms with Gasteiger partial charge >= 0.3 is 5.97 Å². The zero-order chi connectivity index (χ0) is 28.5. The number of nitrogens with two attached hydrogens (primary N) is 2. The molecule has 0 aromatic carbocycles. The van der Waals surface area contributed by atoms with E-state index in [2.05, 4.69) is 15.6 Å². The normalized spacial score (nSPS) is 37.8. The first-order valence-electron chi connectivity index (χ1n) is 15.3. The van der Waals surface area contributed by atoms with Crippen molar-refractivity contribution in [2.75, 3.05) is 13.6 Å². The molecular weight excluding hydrogens is 510 g/mol. The predicted octanol–water partition coefficient (Wildman–Crippen LogP) is 2.24. The molecule has 7 atom stereocenters. The Hall–Kier alpha value is -2.30. The van der Waals surface area contributed by atoms with Crippen LogP contribution >= 0.6 is 0 Å². The van der Waals surface area contributed by atoms with E-state index in [9.17, 15) is 14.4 Å². The number of nitrogens with one attached hydrogen (secondary N) is 2. The van der Waals surface area contributed by atoms with E-state index in [1.54, 1.807) is 7.05 Å². The third-order valence-corrected chi connectivity index (χ3v) is 10.1. The molecule has 0 bridgehead atoms. The van der Waals surface area contributed by atoms with Crippen LogP contribution in [0.25, 0.3) is 0 Å². The van der Waals surface area contributed by atoms with Crippen molar-refractivity contribution in [1.82, 2.24) is 10.6 Å². The van der Waals surface area contributed by atoms with Gasteiger partial charge in [-0.05, 0) is 77.2 Å². The Labute approximate surface area is 237 Å². The highest BCUT2D eigenvalue weighted by atomic mass is 16.7. The Balaban J connectivity index is 1.37. The first-order valence-corrected chi connectivity index (χ1v) is 15.3. The largest absolute Gasteiger partial charge is 0.460 e. The molecule has 0 radical (unpaired) electrons. The van der Waals surface area contributed by atoms with Crippen LogP contribution in [0.5, 0.6) is 0 Å². The fourth-order valence-electron chi connectivity index (χ4n) is 7.72. The third-order valence-electron chi connectivity index (χ3n) is 10.1. The summed E-state index contributed by atoms with van der Waals surface area (Å²) in [7, 11) is 1.65. The third kappa shape index (κ3) is 5.34. The van der Waals surface area contributed by atoms with Gasteiger partial charge in [0.15, 0.2) is 23.1 Å². The standard InChI is InChI=1S/C30H47N5O5/c1-18(16-23(35-28(32)33-2)19-13-15-34-24(31)17-19)12-14-29-25(36)21-10-6-7-11-22(21)26(37)30(29,40-29)27(38)39-20-8-4-3-5-9-20/h12,19-24,34H,3-11,13-17,31H2,1-2H3,(H3,32,33,35)/t19?,21?,22?,23-,24?,29-,30-/m0/s1. The molecule has 2 heterocycles. The van der Waals surface area contributed by atoms with Crippen LogP contribution in [0, 0.1) is 17.8 Å². The molecule has 5 fully saturated rings. The number of Topliss-reactive ketones (excluding diaryl/α,β-unsaturated/α-hetero) is 2. The number of rotatable bonds is 8. The lowest BCUT2D eigenvalue weighted by Gasteiger charge is -2.37. The SMILES string of the molecule is CN=C(N)N[C@@H](CC(C)=CC[C@@]12O[C@]1(C(=O)OC1CCCCC1)C(=O)C1CCCCC1C2=O)C1CCNC(N)C1. The van der Waals surface area contributed by atoms with Crippen LogP contribution in [0.3, 0.4) is 0 Å². The van der Waals surface area contributed by atoms with Gasteiger partial charge in [-0.1, -0.05) is 30.9 Å². The van der Waals surface area contributed by atoms with Gasteiger partial charge in [-0.25, -0.2) is 4.79 Å². The maximum absolute atomic E-state index is 14.0. The summed E-state index contributed by atoms with van der Waals surface area (Å²) in [5.74, 6) is -1.14. The number of piperidine rings is 1. The van der Waals surface area contributed by atoms with Crippen LogP contribution < -0.4 is 22.1 Å². The number of fused-ring (bicyclic) bond motifs is 2. The Kier molecular flexibility index (Phi) is 8.69. The highest BCUT2D eigenvalue weighted by Gasteiger charge is 2.87. The number of nitrogens with zero attached hydrogens (tertiary/aromatic N) is 1. The van der Waals surface area contributed by atoms with E-state index >= 15 is 0 Å². The van der Waals surface area contributed by atoms with Gasteiger partial charge < -0.3 is 31.6 Å². The lowest BCUT2D eigenvalue weighted by atomic mass is 9.61. The van der Waals surface area contributed by atoms with E-state index in [0.29, 0.717) is 31.1 Å². The average molecular weight is 558 g/mol. The number of ether oxygens (including phenoxy) is 2. The molecule has 222 valence electrons. The van der Waals surface area contributed by atoms with Gasteiger partial charge in [0, 0.05) is 31.3 Å². The van der Waals surface area contributed by atoms with Crippen molar-refractivity contribution >= 4 is 23.5 Å². The minimum absolute atomic E-state index is 0.0122. The molecule has 3 aliphatic carbocycles. The van der Waals surface area contributed by atoms with Crippen LogP contribution in [-0.2, 0) is 23.9 Å². The van der Waals surface area contributed by atoms with E-state index in [4.69, 9.17) is 20.9 Å². The predicted molar refractivity (Wildman–Crippen MR) is 151 cm³/mol. The number of carbonyl (C=O) groups is 3. The van der Waals surface area contributed by atoms with E-state index in [1.807, 2.05) is 13.0 Å². The average Bonchev–Trinajstić information content (AvgIpc) is 3.67. The maximum Gasteiger partial charge on any atom is 0.350 e. The number of carbonyl (C=O) groups excluding carboxylic acids is 3. The van der Waals surface area contributed by atoms with Crippen molar-refractivity contribution in [3.05, 3.63) is 11.6 Å². The monoisotopic (exact) mass is 557 g/mol. The lowest BCUT2D eigenvalue weighted by Crippen LogP contribution is -2.58. The molecule has 5 rings (SSSR count). The molecule has 0 spiro atoms. The molecule has 2 aliphatic heterocycles. The molecule has 40 heavy (non-hydrogen) atoms. The topological polar surface area (TPSA) is 161 Å². The minimum Gasteiger partial charge on any atom is -0.460 e. The van der Waals surface area contributed by atoms with Crippen LogP contribution in [0.15, 0.2) is 16.6 Å². The van der Waals surface area contributed by atoms with Gasteiger partial charge in [0.1, 0.15) is 6.10 Å². The van der Waals surface area contributed by atoms with Gasteiger partial charge in [0.2, 0.25) is 0 Å². The number of epoxide rings is 1. The summed E-state index contributed by atoms with van der Waals surface area (Å²) in [4.78, 5) is 45.7. The van der Waals surface area contributed by atoms with Gasteiger partial charge in [-0.2, -0.15) is 0 Å². The lowest BCUT2D eigenvalue weighted by molar-refractivity contribution is -0.163. The van der Waals surface area contributed by atoms with Crippen molar-refractivity contribution in [2.45, 2.75) is 120 Å². The highest BCUT2D eigenvalue weighted by Crippen LogP contribution is 2.61. The summed E-state index contributed by atoms with van der Waals surface area (Å²) in [6.45, 7) is 2.84. The molecule has 0 aromatic rings. The van der Waals surface area contributed by atoms with Crippen molar-refractivity contribution < 1.29 is 23.9 Å². The van der Waals surface area contributed by atoms with E-state index in [1.165, 1.54) is 0 Å². The molecule has 10 heteroatoms. The fourth-order valence-corrected chi connectivity index (χ4v) is 7.72. The summed E-state index contributed by atoms with van der Waals surface area (Å²) in [6.07, 6.45) is 12.1. The number of guanidine groups is 1. The fraction of sp³-hybridized carbons (Fsp3) is 0.800. The molecule has 6 N–H and O–H groups in total. The Bertz CT molecular complexity index is 1060. The summed E-state index contributed by atoms with van der Waals surface area (Å²) < 4.78 is 12.0. The van der Waals surface area contributed by atoms with Gasteiger partial charge in [0.05, 0.1) is 6.17 Å². The minimum atomic E-state index is -1.80. The Morgan fingerprint density at radius 2 is 1.80 bits per heavy atom. The molecule has 5 aliphatic rings. The molecule has 10 nitrogen and oxygen atoms in total. The number of hydrogen-bond donors (Lipinski definition) is 4. The van der Waals surface area contributed by atoms with Crippen LogP contribution in [-0.4, -0.2) is 66.6 Å². The zero-order valence-corrected chi connectivity index (χ0v) is 24.1. The van der Waals surface area contributed by atoms with Gasteiger partial charge in [0.25, 0.3) is 5.60 Å². The molecule has 0 aromatic heterocycles. The van der Waals surface area contributed by atoms with Gasteiger partial charge in [-0.15, -0.1) is 0 Å². The second-order valence-electron chi connectivity index (χ2n) is 12.7. The van der Waals surface area contributed by atoms with Crippen molar-refractivity contribution in [3.8, 4) is 0 Å². The van der Waals surface area contributed by atoms with E-state index in [-0.39, 0.29) is 42.2 Å². The van der Waals surface area contributed by atoms with Crippen LogP contribution in [0.2, 0.25) is 0 Å². The number of ketones is 2. The van der Waals surface area contributed by atoms with Crippen molar-refractivity contribution in [3.63, 3.8) is 0 Å². The quantitative estimate of drug-likeness (QED) is 0.0876. The van der Waals surface area contributed by atoms with Crippen molar-refractivity contribution in [1.29, 1.82) is 0 Å². The summed E-state index contributed by atoms with van der Waals surface area (Å²) in [5, 5.41) is 6.63. The van der Waals surface area contributed by atoms with Gasteiger partial charge in [-0.3, -0.25) is 14.6 Å². The smallest absolute Gasteiger partial charge is 0.350 e. The summed E-state index contributed by atoms with van der Waals surface area (Å²) in [6, 6.07) is 0.0122. The first kappa shape index (κ1) is 29.2. The highest BCUT2D eigenvalue weighted by molar-refractivity contribution is 6.23. The molecule has 0 amide bonds. The second kappa shape index (κ2) is 11.9. The summed E-state index contributed by atoms with van der Waals surface area (Å²) >= 11 is 0. The molecule has 3 saturated carbocycles. The Morgan fingerprint density at radius 1 is 1.12 bits per heavy atom. The molecule has 4 unspecified atom stereocenters. The Morgan fingerprint density at radius 3 is 2.48 bits per heavy atom. The molecule has 2 saturated heterocycles. The summed E-state index contributed by atoms with van der Waals surface area (Å²) in [5.41, 5.74) is 10.0. The zero-order valence-electron chi connectivity index (χ0n) is 24.1. The number of esters is 1.